The molecule has 0 rings (SSSR count). The van der Waals surface area contributed by atoms with E-state index in [9.17, 15) is 0 Å². The Balaban J connectivity index is 4.13. The van der Waals surface area contributed by atoms with Gasteiger partial charge in [-0.1, -0.05) is 12.2 Å². The van der Waals surface area contributed by atoms with E-state index >= 15 is 0 Å². The second-order valence-electron chi connectivity index (χ2n) is 2.49. The topological polar surface area (TPSA) is 41.6 Å². The van der Waals surface area contributed by atoms with Crippen LogP contribution in [0.1, 0.15) is 27.2 Å². The zero-order valence-electron chi connectivity index (χ0n) is 8.25. The molecule has 0 fully saturated rings. The van der Waals surface area contributed by atoms with Crippen molar-refractivity contribution >= 4 is 5.84 Å². The quantitative estimate of drug-likeness (QED) is 0.228. The van der Waals surface area contributed by atoms with Gasteiger partial charge in [0.2, 0.25) is 0 Å². The summed E-state index contributed by atoms with van der Waals surface area (Å²) in [5.41, 5.74) is 0. The van der Waals surface area contributed by atoms with Crippen molar-refractivity contribution in [2.45, 2.75) is 27.2 Å². The van der Waals surface area contributed by atoms with Gasteiger partial charge in [-0.05, 0) is 20.8 Å². The van der Waals surface area contributed by atoms with Gasteiger partial charge in [0.25, 0.3) is 0 Å². The number of nitrogens with zero attached hydrogens (tertiary/aromatic N) is 2. The Bertz CT molecular complexity index is 157. The summed E-state index contributed by atoms with van der Waals surface area (Å²) in [5.74, 6) is 6.23. The molecule has 0 aromatic heterocycles. The monoisotopic (exact) mass is 169 g/mol. The van der Waals surface area contributed by atoms with E-state index in [0.29, 0.717) is 0 Å². The average Bonchev–Trinajstić information content (AvgIpc) is 2.12. The highest BCUT2D eigenvalue weighted by Crippen LogP contribution is 1.96. The summed E-state index contributed by atoms with van der Waals surface area (Å²) >= 11 is 0. The summed E-state index contributed by atoms with van der Waals surface area (Å²) in [5, 5.41) is 3.76. The lowest BCUT2D eigenvalue weighted by molar-refractivity contribution is 0.457. The molecule has 0 saturated carbocycles. The zero-order chi connectivity index (χ0) is 9.40. The molecule has 0 aliphatic carbocycles. The third kappa shape index (κ3) is 3.42. The number of nitrogens with two attached hydrogens (primary N) is 1. The van der Waals surface area contributed by atoms with Crippen LogP contribution < -0.4 is 5.84 Å². The van der Waals surface area contributed by atoms with Gasteiger partial charge in [-0.3, -0.25) is 0 Å². The number of rotatable bonds is 4. The van der Waals surface area contributed by atoms with Crippen molar-refractivity contribution in [2.75, 3.05) is 13.1 Å². The van der Waals surface area contributed by atoms with Crippen LogP contribution in [-0.2, 0) is 0 Å². The molecular formula is C9H19N3. The van der Waals surface area contributed by atoms with Gasteiger partial charge >= 0.3 is 0 Å². The number of hydrazone groups is 1. The van der Waals surface area contributed by atoms with Crippen molar-refractivity contribution < 1.29 is 0 Å². The number of hydrogen-bond donors (Lipinski definition) is 1. The standard InChI is InChI=1S/C9H19N3/c1-4-7-8-9(11-10)12(5-2)6-3/h4,7H,5-6,8,10H2,1-3H3/b7-4+,11-9+. The lowest BCUT2D eigenvalue weighted by atomic mass is 10.3. The van der Waals surface area contributed by atoms with Gasteiger partial charge in [0, 0.05) is 19.5 Å². The first-order valence-corrected chi connectivity index (χ1v) is 4.42. The summed E-state index contributed by atoms with van der Waals surface area (Å²) in [4.78, 5) is 2.15. The summed E-state index contributed by atoms with van der Waals surface area (Å²) in [6, 6.07) is 0. The fourth-order valence-electron chi connectivity index (χ4n) is 1.08. The van der Waals surface area contributed by atoms with E-state index in [1.54, 1.807) is 0 Å². The van der Waals surface area contributed by atoms with E-state index < -0.39 is 0 Å². The van der Waals surface area contributed by atoms with Gasteiger partial charge in [0.05, 0.1) is 0 Å². The zero-order valence-corrected chi connectivity index (χ0v) is 8.25. The van der Waals surface area contributed by atoms with E-state index in [1.807, 2.05) is 13.0 Å². The Labute approximate surface area is 74.9 Å². The lowest BCUT2D eigenvalue weighted by Gasteiger charge is -2.21. The fraction of sp³-hybridized carbons (Fsp3) is 0.667. The van der Waals surface area contributed by atoms with Crippen LogP contribution in [-0.4, -0.2) is 23.8 Å². The summed E-state index contributed by atoms with van der Waals surface area (Å²) in [7, 11) is 0. The predicted octanol–water partition coefficient (Wildman–Crippen LogP) is 1.57. The first-order chi connectivity index (χ1) is 5.79. The number of amidine groups is 1. The highest BCUT2D eigenvalue weighted by molar-refractivity contribution is 5.83. The second kappa shape index (κ2) is 6.70. The van der Waals surface area contributed by atoms with E-state index in [0.717, 1.165) is 25.3 Å². The van der Waals surface area contributed by atoms with Gasteiger partial charge in [0.1, 0.15) is 5.84 Å². The van der Waals surface area contributed by atoms with E-state index in [1.165, 1.54) is 0 Å². The lowest BCUT2D eigenvalue weighted by Crippen LogP contribution is -2.31. The van der Waals surface area contributed by atoms with Gasteiger partial charge in [-0.15, -0.1) is 0 Å². The second-order valence-corrected chi connectivity index (χ2v) is 2.49. The molecule has 0 aromatic carbocycles. The fourth-order valence-corrected chi connectivity index (χ4v) is 1.08. The van der Waals surface area contributed by atoms with Gasteiger partial charge in [-0.25, -0.2) is 0 Å². The molecule has 0 heterocycles. The van der Waals surface area contributed by atoms with Crippen molar-refractivity contribution in [1.29, 1.82) is 0 Å². The molecular weight excluding hydrogens is 150 g/mol. The molecule has 2 N–H and O–H groups in total. The third-order valence-electron chi connectivity index (χ3n) is 1.81. The minimum absolute atomic E-state index is 0.828. The van der Waals surface area contributed by atoms with Crippen LogP contribution in [0.5, 0.6) is 0 Å². The summed E-state index contributed by atoms with van der Waals surface area (Å²) < 4.78 is 0. The number of allylic oxidation sites excluding steroid dienone is 1. The molecule has 0 spiro atoms. The van der Waals surface area contributed by atoms with Crippen LogP contribution >= 0.6 is 0 Å². The third-order valence-corrected chi connectivity index (χ3v) is 1.81. The molecule has 3 heteroatoms. The van der Waals surface area contributed by atoms with Crippen LogP contribution in [0.3, 0.4) is 0 Å². The molecule has 0 saturated heterocycles. The maximum Gasteiger partial charge on any atom is 0.128 e. The summed E-state index contributed by atoms with van der Waals surface area (Å²) in [6.45, 7) is 8.12. The molecule has 0 aliphatic heterocycles. The molecule has 0 aliphatic rings. The predicted molar refractivity (Wildman–Crippen MR) is 54.0 cm³/mol. The van der Waals surface area contributed by atoms with Crippen molar-refractivity contribution in [3.8, 4) is 0 Å². The molecule has 3 nitrogen and oxygen atoms in total. The van der Waals surface area contributed by atoms with E-state index in [2.05, 4.69) is 29.9 Å². The highest BCUT2D eigenvalue weighted by Gasteiger charge is 2.03. The first-order valence-electron chi connectivity index (χ1n) is 4.42. The van der Waals surface area contributed by atoms with Crippen LogP contribution in [0, 0.1) is 0 Å². The van der Waals surface area contributed by atoms with Crippen LogP contribution in [0.15, 0.2) is 17.3 Å². The largest absolute Gasteiger partial charge is 0.359 e. The Kier molecular flexibility index (Phi) is 6.15. The van der Waals surface area contributed by atoms with Crippen LogP contribution in [0.25, 0.3) is 0 Å². The minimum atomic E-state index is 0.828. The van der Waals surface area contributed by atoms with Crippen molar-refractivity contribution in [3.63, 3.8) is 0 Å². The molecule has 0 amide bonds. The Morgan fingerprint density at radius 2 is 2.00 bits per heavy atom. The van der Waals surface area contributed by atoms with Gasteiger partial charge < -0.3 is 10.7 Å². The Morgan fingerprint density at radius 1 is 1.42 bits per heavy atom. The molecule has 0 bridgehead atoms. The van der Waals surface area contributed by atoms with Crippen molar-refractivity contribution in [2.24, 2.45) is 10.9 Å². The van der Waals surface area contributed by atoms with Gasteiger partial charge in [-0.2, -0.15) is 5.10 Å². The Morgan fingerprint density at radius 3 is 2.33 bits per heavy atom. The molecule has 0 unspecified atom stereocenters. The van der Waals surface area contributed by atoms with Crippen LogP contribution in [0.2, 0.25) is 0 Å². The molecule has 0 radical (unpaired) electrons. The highest BCUT2D eigenvalue weighted by atomic mass is 15.3. The van der Waals surface area contributed by atoms with E-state index in [-0.39, 0.29) is 0 Å². The molecule has 0 aromatic rings. The maximum atomic E-state index is 5.28. The van der Waals surface area contributed by atoms with Crippen molar-refractivity contribution in [1.82, 2.24) is 4.90 Å². The molecule has 0 atom stereocenters. The smallest absolute Gasteiger partial charge is 0.128 e. The minimum Gasteiger partial charge on any atom is -0.359 e. The average molecular weight is 169 g/mol. The first kappa shape index (κ1) is 11.0. The van der Waals surface area contributed by atoms with E-state index in [4.69, 9.17) is 5.84 Å². The van der Waals surface area contributed by atoms with Gasteiger partial charge in [0.15, 0.2) is 0 Å². The molecule has 12 heavy (non-hydrogen) atoms. The van der Waals surface area contributed by atoms with Crippen molar-refractivity contribution in [3.05, 3.63) is 12.2 Å². The number of hydrogen-bond acceptors (Lipinski definition) is 2. The SMILES string of the molecule is C/C=C/C/C(=N\N)N(CC)CC. The van der Waals surface area contributed by atoms with Crippen LogP contribution in [0.4, 0.5) is 0 Å². The maximum absolute atomic E-state index is 5.28. The molecule has 70 valence electrons. The normalized spacial score (nSPS) is 12.4. The summed E-state index contributed by atoms with van der Waals surface area (Å²) in [6.07, 6.45) is 4.90. The Hall–Kier alpha value is -0.990.